The lowest BCUT2D eigenvalue weighted by Gasteiger charge is -2.43. The van der Waals surface area contributed by atoms with Crippen molar-refractivity contribution in [3.8, 4) is 11.1 Å². The number of benzene rings is 1. The molecule has 0 unspecified atom stereocenters. The van der Waals surface area contributed by atoms with E-state index >= 15 is 4.39 Å². The SMILES string of the molecule is Cn1cc(-c2cc(F)cc(N3CCn4c(cc5c4CC(F)(F)CC5)C3=O)c2CO)cc(Nc2ccc(N3CCN(C4COC4)CC3)cn2)c1=O. The summed E-state index contributed by atoms with van der Waals surface area (Å²) in [4.78, 5) is 37.7. The molecule has 6 heterocycles. The van der Waals surface area contributed by atoms with Gasteiger partial charge in [0.25, 0.3) is 17.4 Å². The molecule has 0 radical (unpaired) electrons. The van der Waals surface area contributed by atoms with Crippen molar-refractivity contribution in [1.29, 1.82) is 0 Å². The van der Waals surface area contributed by atoms with Crippen molar-refractivity contribution in [2.75, 3.05) is 61.1 Å². The molecule has 4 aromatic rings. The number of aliphatic hydroxyl groups excluding tert-OH is 1. The molecule has 8 rings (SSSR count). The molecular weight excluding hydrogens is 651 g/mol. The summed E-state index contributed by atoms with van der Waals surface area (Å²) in [6.07, 6.45) is 2.82. The summed E-state index contributed by atoms with van der Waals surface area (Å²) in [6, 6.07) is 9.99. The van der Waals surface area contributed by atoms with Crippen LogP contribution in [-0.2, 0) is 37.8 Å². The van der Waals surface area contributed by atoms with E-state index in [4.69, 9.17) is 4.74 Å². The molecule has 4 aliphatic rings. The molecule has 1 aromatic carbocycles. The van der Waals surface area contributed by atoms with Crippen LogP contribution in [0.15, 0.2) is 53.6 Å². The number of nitrogens with zero attached hydrogens (tertiary/aromatic N) is 6. The highest BCUT2D eigenvalue weighted by molar-refractivity contribution is 6.07. The van der Waals surface area contributed by atoms with Gasteiger partial charge in [0.1, 0.15) is 23.0 Å². The summed E-state index contributed by atoms with van der Waals surface area (Å²) in [5.74, 6) is -3.46. The second-order valence-corrected chi connectivity index (χ2v) is 13.6. The molecule has 3 aromatic heterocycles. The van der Waals surface area contributed by atoms with Crippen molar-refractivity contribution in [3.63, 3.8) is 0 Å². The monoisotopic (exact) mass is 689 g/mol. The largest absolute Gasteiger partial charge is 0.392 e. The summed E-state index contributed by atoms with van der Waals surface area (Å²) in [7, 11) is 1.58. The number of aliphatic hydroxyl groups is 1. The first kappa shape index (κ1) is 32.5. The van der Waals surface area contributed by atoms with Crippen molar-refractivity contribution in [3.05, 3.63) is 87.5 Å². The van der Waals surface area contributed by atoms with E-state index in [0.717, 1.165) is 50.6 Å². The number of amides is 1. The molecular formula is C36H38F3N7O4. The Morgan fingerprint density at radius 1 is 1.04 bits per heavy atom. The first-order valence-electron chi connectivity index (χ1n) is 16.9. The molecule has 0 atom stereocenters. The van der Waals surface area contributed by atoms with E-state index in [-0.39, 0.29) is 48.6 Å². The van der Waals surface area contributed by atoms with Crippen molar-refractivity contribution in [1.82, 2.24) is 19.0 Å². The van der Waals surface area contributed by atoms with Crippen LogP contribution < -0.4 is 20.7 Å². The van der Waals surface area contributed by atoms with Gasteiger partial charge in [-0.1, -0.05) is 0 Å². The van der Waals surface area contributed by atoms with Gasteiger partial charge in [0, 0.05) is 75.8 Å². The van der Waals surface area contributed by atoms with Gasteiger partial charge in [0.2, 0.25) is 0 Å². The number of aryl methyl sites for hydroxylation is 2. The fourth-order valence-electron chi connectivity index (χ4n) is 7.62. The molecule has 14 heteroatoms. The van der Waals surface area contributed by atoms with Gasteiger partial charge < -0.3 is 34.1 Å². The minimum absolute atomic E-state index is 0.112. The first-order valence-corrected chi connectivity index (χ1v) is 16.9. The van der Waals surface area contributed by atoms with Crippen LogP contribution in [0.25, 0.3) is 11.1 Å². The number of ether oxygens (including phenoxy) is 1. The van der Waals surface area contributed by atoms with E-state index in [9.17, 15) is 23.5 Å². The number of piperazine rings is 1. The van der Waals surface area contributed by atoms with E-state index in [2.05, 4.69) is 20.1 Å². The maximum absolute atomic E-state index is 15.4. The second-order valence-electron chi connectivity index (χ2n) is 13.6. The number of alkyl halides is 2. The van der Waals surface area contributed by atoms with Crippen molar-refractivity contribution >= 4 is 28.8 Å². The number of fused-ring (bicyclic) bond motifs is 3. The van der Waals surface area contributed by atoms with E-state index in [1.165, 1.54) is 21.6 Å². The first-order chi connectivity index (χ1) is 24.1. The number of rotatable bonds is 7. The number of pyridine rings is 2. The molecule has 1 amide bonds. The van der Waals surface area contributed by atoms with Crippen molar-refractivity contribution in [2.24, 2.45) is 7.05 Å². The van der Waals surface area contributed by atoms with Gasteiger partial charge in [0.05, 0.1) is 49.9 Å². The number of aromatic nitrogens is 3. The average molecular weight is 690 g/mol. The molecule has 2 fully saturated rings. The van der Waals surface area contributed by atoms with Gasteiger partial charge in [-0.2, -0.15) is 0 Å². The van der Waals surface area contributed by atoms with Gasteiger partial charge in [-0.3, -0.25) is 14.5 Å². The Labute approximate surface area is 286 Å². The number of anilines is 4. The molecule has 1 aliphatic carbocycles. The zero-order valence-electron chi connectivity index (χ0n) is 27.7. The van der Waals surface area contributed by atoms with Gasteiger partial charge in [-0.05, 0) is 53.9 Å². The third kappa shape index (κ3) is 5.84. The summed E-state index contributed by atoms with van der Waals surface area (Å²) in [6.45, 7) is 5.12. The van der Waals surface area contributed by atoms with Crippen molar-refractivity contribution in [2.45, 2.75) is 44.4 Å². The minimum Gasteiger partial charge on any atom is -0.392 e. The third-order valence-corrected chi connectivity index (χ3v) is 10.5. The third-order valence-electron chi connectivity index (χ3n) is 10.5. The van der Waals surface area contributed by atoms with Gasteiger partial charge in [0.15, 0.2) is 0 Å². The maximum atomic E-state index is 15.4. The lowest BCUT2D eigenvalue weighted by Crippen LogP contribution is -2.56. The highest BCUT2D eigenvalue weighted by Crippen LogP contribution is 2.39. The lowest BCUT2D eigenvalue weighted by molar-refractivity contribution is -0.0660. The standard InChI is InChI=1S/C36H38F3N7O4/c1-42-18-23(12-29(34(42)48)41-33-3-2-25(17-40-33)43-6-8-44(9-7-43)26-20-50-21-26)27-14-24(37)15-30(28(27)19-47)46-11-10-45-31(35(46)49)13-22-4-5-36(38,39)16-32(22)45/h2-3,12-15,17-18,26,47H,4-11,16,19-21H2,1H3,(H,40,41). The van der Waals surface area contributed by atoms with E-state index < -0.39 is 30.7 Å². The highest BCUT2D eigenvalue weighted by Gasteiger charge is 2.39. The molecule has 3 aliphatic heterocycles. The van der Waals surface area contributed by atoms with Crippen LogP contribution in [0, 0.1) is 5.82 Å². The Balaban J connectivity index is 1.05. The van der Waals surface area contributed by atoms with Crippen LogP contribution in [0.4, 0.5) is 36.1 Å². The topological polar surface area (TPSA) is 108 Å². The Morgan fingerprint density at radius 3 is 2.54 bits per heavy atom. The Hall–Kier alpha value is -4.66. The van der Waals surface area contributed by atoms with Crippen LogP contribution in [0.1, 0.15) is 33.7 Å². The van der Waals surface area contributed by atoms with Crippen LogP contribution in [-0.4, -0.2) is 87.9 Å². The fraction of sp³-hybridized carbons (Fsp3) is 0.417. The summed E-state index contributed by atoms with van der Waals surface area (Å²) in [5.41, 5.74) is 3.56. The van der Waals surface area contributed by atoms with Crippen LogP contribution in [0.3, 0.4) is 0 Å². The average Bonchev–Trinajstić information content (AvgIpc) is 3.44. The van der Waals surface area contributed by atoms with Crippen LogP contribution in [0.5, 0.6) is 0 Å². The number of hydrogen-bond acceptors (Lipinski definition) is 8. The number of carbonyl (C=O) groups is 1. The number of halogens is 3. The van der Waals surface area contributed by atoms with E-state index in [0.29, 0.717) is 34.2 Å². The molecule has 50 heavy (non-hydrogen) atoms. The van der Waals surface area contributed by atoms with E-state index in [1.54, 1.807) is 36.1 Å². The molecule has 2 saturated heterocycles. The highest BCUT2D eigenvalue weighted by atomic mass is 19.3. The number of nitrogens with one attached hydrogen (secondary N) is 1. The van der Waals surface area contributed by atoms with Gasteiger partial charge >= 0.3 is 0 Å². The van der Waals surface area contributed by atoms with Crippen LogP contribution in [0.2, 0.25) is 0 Å². The zero-order chi connectivity index (χ0) is 34.7. The Bertz CT molecular complexity index is 2020. The summed E-state index contributed by atoms with van der Waals surface area (Å²) >= 11 is 0. The molecule has 0 saturated carbocycles. The maximum Gasteiger partial charge on any atom is 0.274 e. The molecule has 0 spiro atoms. The Kier molecular flexibility index (Phi) is 8.19. The van der Waals surface area contributed by atoms with Crippen molar-refractivity contribution < 1.29 is 27.8 Å². The molecule has 0 bridgehead atoms. The fourth-order valence-corrected chi connectivity index (χ4v) is 7.62. The number of carbonyl (C=O) groups excluding carboxylic acids is 1. The summed E-state index contributed by atoms with van der Waals surface area (Å²) in [5, 5.41) is 13.7. The minimum atomic E-state index is -2.83. The smallest absolute Gasteiger partial charge is 0.274 e. The normalized spacial score (nSPS) is 19.3. The molecule has 11 nitrogen and oxygen atoms in total. The summed E-state index contributed by atoms with van der Waals surface area (Å²) < 4.78 is 52.2. The zero-order valence-corrected chi connectivity index (χ0v) is 27.7. The Morgan fingerprint density at radius 2 is 1.84 bits per heavy atom. The van der Waals surface area contributed by atoms with Gasteiger partial charge in [-0.15, -0.1) is 0 Å². The lowest BCUT2D eigenvalue weighted by atomic mass is 9.94. The quantitative estimate of drug-likeness (QED) is 0.301. The number of hydrogen-bond donors (Lipinski definition) is 2. The predicted octanol–water partition coefficient (Wildman–Crippen LogP) is 3.93. The van der Waals surface area contributed by atoms with E-state index in [1.807, 2.05) is 12.1 Å². The van der Waals surface area contributed by atoms with Crippen LogP contribution >= 0.6 is 0 Å². The predicted molar refractivity (Wildman–Crippen MR) is 182 cm³/mol. The van der Waals surface area contributed by atoms with Gasteiger partial charge in [-0.25, -0.2) is 18.2 Å². The molecule has 2 N–H and O–H groups in total. The second kappa shape index (κ2) is 12.6. The molecule has 262 valence electrons.